The van der Waals surface area contributed by atoms with Gasteiger partial charge in [-0.3, -0.25) is 4.99 Å². The molecule has 0 aliphatic heterocycles. The van der Waals surface area contributed by atoms with Crippen LogP contribution in [-0.4, -0.2) is 11.9 Å². The van der Waals surface area contributed by atoms with E-state index in [4.69, 9.17) is 28.9 Å². The molecule has 0 heterocycles. The molecule has 0 atom stereocenters. The molecule has 2 rings (SSSR count). The Bertz CT molecular complexity index is 377. The highest BCUT2D eigenvalue weighted by Crippen LogP contribution is 2.26. The second-order valence-electron chi connectivity index (χ2n) is 3.73. The molecule has 1 aromatic carbocycles. The Morgan fingerprint density at radius 2 is 1.93 bits per heavy atom. The zero-order valence-corrected chi connectivity index (χ0v) is 9.72. The second kappa shape index (κ2) is 4.42. The summed E-state index contributed by atoms with van der Waals surface area (Å²) < 4.78 is 0. The number of nitrogens with zero attached hydrogens (tertiary/aromatic N) is 1. The fraction of sp³-hybridized carbons (Fsp3) is 0.364. The van der Waals surface area contributed by atoms with Gasteiger partial charge in [0.05, 0.1) is 11.9 Å². The highest BCUT2D eigenvalue weighted by molar-refractivity contribution is 6.36. The number of rotatable bonds is 3. The Kier molecular flexibility index (Phi) is 3.17. The minimum atomic E-state index is 0.436. The maximum absolute atomic E-state index is 6.03. The van der Waals surface area contributed by atoms with E-state index in [2.05, 4.69) is 4.99 Å². The first-order valence-corrected chi connectivity index (χ1v) is 5.67. The number of hydrogen-bond acceptors (Lipinski definition) is 1. The summed E-state index contributed by atoms with van der Waals surface area (Å²) in [6.45, 7) is 0. The van der Waals surface area contributed by atoms with Crippen LogP contribution in [0, 0.1) is 0 Å². The largest absolute Gasteiger partial charge is 0.387 e. The van der Waals surface area contributed by atoms with Crippen molar-refractivity contribution in [3.63, 3.8) is 0 Å². The predicted molar refractivity (Wildman–Crippen MR) is 64.8 cm³/mol. The summed E-state index contributed by atoms with van der Waals surface area (Å²) in [5, 5.41) is 1.30. The summed E-state index contributed by atoms with van der Waals surface area (Å²) in [7, 11) is 0. The van der Waals surface area contributed by atoms with E-state index < -0.39 is 0 Å². The molecular weight excluding hydrogens is 231 g/mol. The summed E-state index contributed by atoms with van der Waals surface area (Å²) in [6, 6.07) is 5.88. The van der Waals surface area contributed by atoms with Crippen molar-refractivity contribution >= 4 is 29.0 Å². The Hall–Kier alpha value is -0.730. The van der Waals surface area contributed by atoms with Crippen LogP contribution in [0.2, 0.25) is 10.0 Å². The van der Waals surface area contributed by atoms with Crippen LogP contribution in [0.25, 0.3) is 0 Å². The topological polar surface area (TPSA) is 38.4 Å². The highest BCUT2D eigenvalue weighted by Gasteiger charge is 2.20. The van der Waals surface area contributed by atoms with Gasteiger partial charge in [-0.05, 0) is 30.5 Å². The molecule has 80 valence electrons. The first-order valence-electron chi connectivity index (χ1n) is 4.92. The van der Waals surface area contributed by atoms with Crippen LogP contribution in [0.4, 0.5) is 0 Å². The molecule has 0 aromatic heterocycles. The van der Waals surface area contributed by atoms with Gasteiger partial charge in [-0.15, -0.1) is 0 Å². The van der Waals surface area contributed by atoms with Gasteiger partial charge in [-0.1, -0.05) is 29.3 Å². The normalized spacial score (nSPS) is 16.8. The van der Waals surface area contributed by atoms with E-state index in [9.17, 15) is 0 Å². The van der Waals surface area contributed by atoms with Crippen molar-refractivity contribution in [2.24, 2.45) is 10.7 Å². The van der Waals surface area contributed by atoms with Crippen LogP contribution >= 0.6 is 23.2 Å². The van der Waals surface area contributed by atoms with Gasteiger partial charge >= 0.3 is 0 Å². The summed E-state index contributed by atoms with van der Waals surface area (Å²) in [4.78, 5) is 4.34. The van der Waals surface area contributed by atoms with E-state index in [1.165, 1.54) is 0 Å². The molecule has 1 fully saturated rings. The maximum Gasteiger partial charge on any atom is 0.0986 e. The van der Waals surface area contributed by atoms with Crippen molar-refractivity contribution in [3.8, 4) is 0 Å². The van der Waals surface area contributed by atoms with Crippen LogP contribution in [0.15, 0.2) is 23.2 Å². The van der Waals surface area contributed by atoms with Crippen molar-refractivity contribution in [2.45, 2.75) is 25.3 Å². The highest BCUT2D eigenvalue weighted by atomic mass is 35.5. The van der Waals surface area contributed by atoms with Gasteiger partial charge in [0, 0.05) is 16.5 Å². The van der Waals surface area contributed by atoms with Gasteiger partial charge in [-0.2, -0.15) is 0 Å². The van der Waals surface area contributed by atoms with Crippen molar-refractivity contribution in [1.82, 2.24) is 0 Å². The minimum Gasteiger partial charge on any atom is -0.387 e. The number of nitrogens with two attached hydrogens (primary N) is 1. The number of halogens is 2. The zero-order valence-electron chi connectivity index (χ0n) is 8.21. The summed E-state index contributed by atoms with van der Waals surface area (Å²) in [5.74, 6) is 0.618. The van der Waals surface area contributed by atoms with Crippen LogP contribution < -0.4 is 5.73 Å². The van der Waals surface area contributed by atoms with Gasteiger partial charge in [0.2, 0.25) is 0 Å². The molecule has 1 saturated carbocycles. The number of amidine groups is 1. The first-order chi connectivity index (χ1) is 7.16. The zero-order chi connectivity index (χ0) is 10.8. The Morgan fingerprint density at radius 3 is 2.47 bits per heavy atom. The van der Waals surface area contributed by atoms with E-state index in [1.807, 2.05) is 18.2 Å². The third kappa shape index (κ3) is 2.86. The molecule has 2 N–H and O–H groups in total. The lowest BCUT2D eigenvalue weighted by atomic mass is 10.1. The Balaban J connectivity index is 2.15. The Labute approximate surface area is 99.1 Å². The van der Waals surface area contributed by atoms with Crippen LogP contribution in [0.5, 0.6) is 0 Å². The molecule has 4 heteroatoms. The summed E-state index contributed by atoms with van der Waals surface area (Å²) >= 11 is 12.1. The quantitative estimate of drug-likeness (QED) is 0.643. The van der Waals surface area contributed by atoms with Crippen molar-refractivity contribution in [1.29, 1.82) is 0 Å². The molecular formula is C11H12Cl2N2. The standard InChI is InChI=1S/C11H12Cl2N2/c12-9-2-1-3-10(13)8(9)6-11(14)15-7-4-5-7/h1-3,7H,4-6H2,(H2,14,15). The minimum absolute atomic E-state index is 0.436. The third-order valence-electron chi connectivity index (χ3n) is 2.31. The lowest BCUT2D eigenvalue weighted by molar-refractivity contribution is 1.04. The molecule has 1 aliphatic rings. The van der Waals surface area contributed by atoms with Gasteiger partial charge < -0.3 is 5.73 Å². The van der Waals surface area contributed by atoms with Crippen molar-refractivity contribution in [3.05, 3.63) is 33.8 Å². The first kappa shape index (κ1) is 10.8. The number of hydrogen-bond donors (Lipinski definition) is 1. The van der Waals surface area contributed by atoms with E-state index >= 15 is 0 Å². The van der Waals surface area contributed by atoms with Crippen molar-refractivity contribution < 1.29 is 0 Å². The van der Waals surface area contributed by atoms with Crippen LogP contribution in [-0.2, 0) is 6.42 Å². The van der Waals surface area contributed by atoms with E-state index in [-0.39, 0.29) is 0 Å². The van der Waals surface area contributed by atoms with Gasteiger partial charge in [0.25, 0.3) is 0 Å². The fourth-order valence-corrected chi connectivity index (χ4v) is 1.90. The van der Waals surface area contributed by atoms with E-state index in [0.717, 1.165) is 18.4 Å². The lowest BCUT2D eigenvalue weighted by Gasteiger charge is -2.06. The smallest absolute Gasteiger partial charge is 0.0986 e. The molecule has 0 amide bonds. The number of benzene rings is 1. The van der Waals surface area contributed by atoms with Gasteiger partial charge in [-0.25, -0.2) is 0 Å². The average molecular weight is 243 g/mol. The van der Waals surface area contributed by atoms with E-state index in [0.29, 0.717) is 28.3 Å². The van der Waals surface area contributed by atoms with Gasteiger partial charge in [0.1, 0.15) is 0 Å². The predicted octanol–water partition coefficient (Wildman–Crippen LogP) is 3.06. The molecule has 1 aromatic rings. The molecule has 0 saturated heterocycles. The third-order valence-corrected chi connectivity index (χ3v) is 3.02. The number of aliphatic imine (C=N–C) groups is 1. The molecule has 0 radical (unpaired) electrons. The molecule has 0 unspecified atom stereocenters. The molecule has 1 aliphatic carbocycles. The molecule has 2 nitrogen and oxygen atoms in total. The molecule has 0 bridgehead atoms. The van der Waals surface area contributed by atoms with Crippen LogP contribution in [0.1, 0.15) is 18.4 Å². The molecule has 15 heavy (non-hydrogen) atoms. The molecule has 0 spiro atoms. The SMILES string of the molecule is NC(Cc1c(Cl)cccc1Cl)=NC1CC1. The van der Waals surface area contributed by atoms with Crippen molar-refractivity contribution in [2.75, 3.05) is 0 Å². The maximum atomic E-state index is 6.03. The second-order valence-corrected chi connectivity index (χ2v) is 4.54. The van der Waals surface area contributed by atoms with Gasteiger partial charge in [0.15, 0.2) is 0 Å². The van der Waals surface area contributed by atoms with Crippen LogP contribution in [0.3, 0.4) is 0 Å². The monoisotopic (exact) mass is 242 g/mol. The van der Waals surface area contributed by atoms with E-state index in [1.54, 1.807) is 0 Å². The summed E-state index contributed by atoms with van der Waals surface area (Å²) in [6.07, 6.45) is 2.84. The average Bonchev–Trinajstić information content (AvgIpc) is 2.95. The fourth-order valence-electron chi connectivity index (χ4n) is 1.37. The summed E-state index contributed by atoms with van der Waals surface area (Å²) in [5.41, 5.74) is 6.68. The Morgan fingerprint density at radius 1 is 1.33 bits per heavy atom. The lowest BCUT2D eigenvalue weighted by Crippen LogP contribution is -2.16.